The van der Waals surface area contributed by atoms with Gasteiger partial charge in [0.2, 0.25) is 0 Å². The van der Waals surface area contributed by atoms with Gasteiger partial charge in [-0.1, -0.05) is 48.9 Å². The third-order valence-corrected chi connectivity index (χ3v) is 4.87. The standard InChI is InChI=1S/C20H17ClN8/c1-2-15(27-20-14(9-22)19(23)25-11-26-20)13-8-17-24-10-16(21)29(17)28-18(13)12-6-4-3-5-7-12/h3-8,10-11,15H,2H2,1H3,(H3,23,25,26,27)/t15-/m1/s1. The van der Waals surface area contributed by atoms with Crippen molar-refractivity contribution in [3.63, 3.8) is 0 Å². The fourth-order valence-electron chi connectivity index (χ4n) is 3.17. The first-order chi connectivity index (χ1) is 14.1. The SMILES string of the molecule is CC[C@@H](Nc1ncnc(N)c1C#N)c1cc2ncc(Cl)n2nc1-c1ccccc1. The van der Waals surface area contributed by atoms with Gasteiger partial charge in [-0.05, 0) is 12.5 Å². The number of nitrogens with two attached hydrogens (primary N) is 1. The lowest BCUT2D eigenvalue weighted by molar-refractivity contribution is 0.735. The summed E-state index contributed by atoms with van der Waals surface area (Å²) in [7, 11) is 0. The molecular weight excluding hydrogens is 388 g/mol. The number of anilines is 2. The molecule has 3 heterocycles. The molecule has 144 valence electrons. The zero-order chi connectivity index (χ0) is 20.4. The van der Waals surface area contributed by atoms with E-state index in [9.17, 15) is 5.26 Å². The molecule has 1 atom stereocenters. The molecule has 0 amide bonds. The van der Waals surface area contributed by atoms with Gasteiger partial charge in [-0.15, -0.1) is 0 Å². The van der Waals surface area contributed by atoms with Crippen molar-refractivity contribution < 1.29 is 0 Å². The molecule has 0 fully saturated rings. The van der Waals surface area contributed by atoms with E-state index >= 15 is 0 Å². The fraction of sp³-hybridized carbons (Fsp3) is 0.150. The van der Waals surface area contributed by atoms with Crippen LogP contribution in [-0.4, -0.2) is 24.6 Å². The first kappa shape index (κ1) is 18.7. The van der Waals surface area contributed by atoms with E-state index in [2.05, 4.69) is 26.3 Å². The maximum Gasteiger partial charge on any atom is 0.155 e. The Balaban J connectivity index is 1.87. The topological polar surface area (TPSA) is 118 Å². The summed E-state index contributed by atoms with van der Waals surface area (Å²) in [4.78, 5) is 12.4. The summed E-state index contributed by atoms with van der Waals surface area (Å²) in [5.41, 5.74) is 9.29. The maximum absolute atomic E-state index is 9.44. The van der Waals surface area contributed by atoms with Gasteiger partial charge in [0.05, 0.1) is 17.9 Å². The van der Waals surface area contributed by atoms with Crippen molar-refractivity contribution in [2.24, 2.45) is 0 Å². The number of nitrogen functional groups attached to an aromatic ring is 1. The van der Waals surface area contributed by atoms with E-state index in [0.29, 0.717) is 23.0 Å². The molecule has 0 saturated heterocycles. The van der Waals surface area contributed by atoms with Crippen LogP contribution in [0.4, 0.5) is 11.6 Å². The monoisotopic (exact) mass is 404 g/mol. The summed E-state index contributed by atoms with van der Waals surface area (Å²) in [5, 5.41) is 17.9. The van der Waals surface area contributed by atoms with Crippen LogP contribution in [0.5, 0.6) is 0 Å². The highest BCUT2D eigenvalue weighted by Gasteiger charge is 2.21. The summed E-state index contributed by atoms with van der Waals surface area (Å²) in [6, 6.07) is 13.6. The van der Waals surface area contributed by atoms with Crippen LogP contribution in [-0.2, 0) is 0 Å². The van der Waals surface area contributed by atoms with Crippen LogP contribution in [0.2, 0.25) is 5.15 Å². The lowest BCUT2D eigenvalue weighted by atomic mass is 9.98. The van der Waals surface area contributed by atoms with Crippen molar-refractivity contribution in [1.29, 1.82) is 5.26 Å². The molecule has 0 aliphatic heterocycles. The number of hydrogen-bond donors (Lipinski definition) is 2. The molecule has 9 heteroatoms. The molecule has 0 radical (unpaired) electrons. The Morgan fingerprint density at radius 3 is 2.76 bits per heavy atom. The molecule has 4 aromatic rings. The molecule has 3 aromatic heterocycles. The van der Waals surface area contributed by atoms with E-state index in [4.69, 9.17) is 22.4 Å². The van der Waals surface area contributed by atoms with Crippen LogP contribution < -0.4 is 11.1 Å². The van der Waals surface area contributed by atoms with E-state index in [1.54, 1.807) is 10.7 Å². The number of imidazole rings is 1. The largest absolute Gasteiger partial charge is 0.382 e. The molecule has 0 spiro atoms. The highest BCUT2D eigenvalue weighted by atomic mass is 35.5. The van der Waals surface area contributed by atoms with E-state index < -0.39 is 0 Å². The number of hydrogen-bond acceptors (Lipinski definition) is 7. The van der Waals surface area contributed by atoms with E-state index in [0.717, 1.165) is 16.8 Å². The number of rotatable bonds is 5. The van der Waals surface area contributed by atoms with Gasteiger partial charge >= 0.3 is 0 Å². The Morgan fingerprint density at radius 1 is 1.24 bits per heavy atom. The molecule has 0 aliphatic carbocycles. The summed E-state index contributed by atoms with van der Waals surface area (Å²) >= 11 is 6.24. The van der Waals surface area contributed by atoms with Gasteiger partial charge in [0.25, 0.3) is 0 Å². The number of nitrogens with zero attached hydrogens (tertiary/aromatic N) is 6. The molecule has 0 aliphatic rings. The summed E-state index contributed by atoms with van der Waals surface area (Å²) < 4.78 is 1.60. The Morgan fingerprint density at radius 2 is 2.03 bits per heavy atom. The zero-order valence-electron chi connectivity index (χ0n) is 15.5. The molecule has 0 saturated carbocycles. The quantitative estimate of drug-likeness (QED) is 0.518. The molecule has 1 aromatic carbocycles. The van der Waals surface area contributed by atoms with Gasteiger partial charge in [0.15, 0.2) is 10.8 Å². The predicted octanol–water partition coefficient (Wildman–Crippen LogP) is 3.86. The van der Waals surface area contributed by atoms with Crippen molar-refractivity contribution in [2.45, 2.75) is 19.4 Å². The Labute approximate surface area is 172 Å². The zero-order valence-corrected chi connectivity index (χ0v) is 16.3. The first-order valence-electron chi connectivity index (χ1n) is 8.99. The number of benzene rings is 1. The van der Waals surface area contributed by atoms with Crippen LogP contribution >= 0.6 is 11.6 Å². The molecule has 0 bridgehead atoms. The second-order valence-electron chi connectivity index (χ2n) is 6.36. The van der Waals surface area contributed by atoms with Crippen molar-refractivity contribution in [2.75, 3.05) is 11.1 Å². The predicted molar refractivity (Wildman–Crippen MR) is 111 cm³/mol. The number of halogens is 1. The molecule has 29 heavy (non-hydrogen) atoms. The lowest BCUT2D eigenvalue weighted by Gasteiger charge is -2.21. The minimum Gasteiger partial charge on any atom is -0.382 e. The third kappa shape index (κ3) is 3.44. The van der Waals surface area contributed by atoms with Gasteiger partial charge < -0.3 is 11.1 Å². The van der Waals surface area contributed by atoms with E-state index in [1.165, 1.54) is 6.33 Å². The average molecular weight is 405 g/mol. The Hall–Kier alpha value is -3.70. The highest BCUT2D eigenvalue weighted by molar-refractivity contribution is 6.29. The molecule has 4 rings (SSSR count). The number of nitriles is 1. The van der Waals surface area contributed by atoms with Gasteiger partial charge in [0, 0.05) is 11.1 Å². The van der Waals surface area contributed by atoms with Crippen LogP contribution in [0.15, 0.2) is 48.9 Å². The molecule has 8 nitrogen and oxygen atoms in total. The summed E-state index contributed by atoms with van der Waals surface area (Å²) in [5.74, 6) is 0.517. The fourth-order valence-corrected chi connectivity index (χ4v) is 3.34. The summed E-state index contributed by atoms with van der Waals surface area (Å²) in [6.45, 7) is 2.03. The molecular formula is C20H17ClN8. The maximum atomic E-state index is 9.44. The van der Waals surface area contributed by atoms with Crippen LogP contribution in [0.1, 0.15) is 30.5 Å². The van der Waals surface area contributed by atoms with E-state index in [-0.39, 0.29) is 17.4 Å². The van der Waals surface area contributed by atoms with Crippen LogP contribution in [0.25, 0.3) is 16.9 Å². The number of nitrogens with one attached hydrogen (secondary N) is 1. The van der Waals surface area contributed by atoms with Crippen LogP contribution in [0, 0.1) is 11.3 Å². The number of aromatic nitrogens is 5. The lowest BCUT2D eigenvalue weighted by Crippen LogP contribution is -2.15. The van der Waals surface area contributed by atoms with Crippen LogP contribution in [0.3, 0.4) is 0 Å². The number of fused-ring (bicyclic) bond motifs is 1. The highest BCUT2D eigenvalue weighted by Crippen LogP contribution is 2.32. The minimum atomic E-state index is -0.195. The molecule has 3 N–H and O–H groups in total. The van der Waals surface area contributed by atoms with Crippen molar-refractivity contribution >= 4 is 28.9 Å². The Bertz CT molecular complexity index is 1210. The average Bonchev–Trinajstić information content (AvgIpc) is 3.11. The Kier molecular flexibility index (Phi) is 4.97. The minimum absolute atomic E-state index is 0.136. The van der Waals surface area contributed by atoms with Crippen molar-refractivity contribution in [1.82, 2.24) is 24.6 Å². The normalized spacial score (nSPS) is 11.9. The summed E-state index contributed by atoms with van der Waals surface area (Å²) in [6.07, 6.45) is 3.61. The van der Waals surface area contributed by atoms with Gasteiger partial charge in [-0.2, -0.15) is 10.4 Å². The first-order valence-corrected chi connectivity index (χ1v) is 9.36. The van der Waals surface area contributed by atoms with Crippen molar-refractivity contribution in [3.8, 4) is 17.3 Å². The third-order valence-electron chi connectivity index (χ3n) is 4.61. The molecule has 0 unspecified atom stereocenters. The smallest absolute Gasteiger partial charge is 0.155 e. The van der Waals surface area contributed by atoms with Gasteiger partial charge in [0.1, 0.15) is 29.6 Å². The second kappa shape index (κ2) is 7.73. The van der Waals surface area contributed by atoms with Crippen molar-refractivity contribution in [3.05, 3.63) is 65.2 Å². The van der Waals surface area contributed by atoms with Gasteiger partial charge in [-0.25, -0.2) is 19.5 Å². The van der Waals surface area contributed by atoms with Gasteiger partial charge in [-0.3, -0.25) is 0 Å². The van der Waals surface area contributed by atoms with E-state index in [1.807, 2.05) is 43.3 Å². The second-order valence-corrected chi connectivity index (χ2v) is 6.75.